The SMILES string of the molecule is CCNC(=O)CN1C(=O)C(C)Oc2cc(N)ccc21. The first-order chi connectivity index (χ1) is 9.02. The van der Waals surface area contributed by atoms with Gasteiger partial charge < -0.3 is 15.8 Å². The van der Waals surface area contributed by atoms with E-state index in [0.717, 1.165) is 0 Å². The zero-order valence-electron chi connectivity index (χ0n) is 11.0. The highest BCUT2D eigenvalue weighted by molar-refractivity contribution is 6.03. The summed E-state index contributed by atoms with van der Waals surface area (Å²) >= 11 is 0. The van der Waals surface area contributed by atoms with Crippen LogP contribution in [0.5, 0.6) is 5.75 Å². The fourth-order valence-corrected chi connectivity index (χ4v) is 1.99. The number of likely N-dealkylation sites (N-methyl/N-ethyl adjacent to an activating group) is 1. The molecule has 1 atom stereocenters. The third-order valence-corrected chi connectivity index (χ3v) is 2.87. The van der Waals surface area contributed by atoms with Crippen molar-refractivity contribution in [3.63, 3.8) is 0 Å². The van der Waals surface area contributed by atoms with Crippen LogP contribution in [0.3, 0.4) is 0 Å². The van der Waals surface area contributed by atoms with E-state index in [2.05, 4.69) is 5.32 Å². The predicted octanol–water partition coefficient (Wildman–Crippen LogP) is 0.519. The Kier molecular flexibility index (Phi) is 3.59. The quantitative estimate of drug-likeness (QED) is 0.779. The van der Waals surface area contributed by atoms with Crippen LogP contribution in [-0.2, 0) is 9.59 Å². The Balaban J connectivity index is 2.31. The molecule has 3 N–H and O–H groups in total. The number of rotatable bonds is 3. The van der Waals surface area contributed by atoms with Crippen molar-refractivity contribution in [1.29, 1.82) is 0 Å². The average molecular weight is 263 g/mol. The van der Waals surface area contributed by atoms with Crippen LogP contribution in [0.25, 0.3) is 0 Å². The van der Waals surface area contributed by atoms with Gasteiger partial charge in [0.25, 0.3) is 5.91 Å². The molecule has 0 aliphatic carbocycles. The predicted molar refractivity (Wildman–Crippen MR) is 72.0 cm³/mol. The van der Waals surface area contributed by atoms with Gasteiger partial charge in [-0.05, 0) is 26.0 Å². The molecule has 0 radical (unpaired) electrons. The van der Waals surface area contributed by atoms with E-state index in [0.29, 0.717) is 23.7 Å². The smallest absolute Gasteiger partial charge is 0.268 e. The normalized spacial score (nSPS) is 17.7. The van der Waals surface area contributed by atoms with Crippen LogP contribution >= 0.6 is 0 Å². The van der Waals surface area contributed by atoms with Crippen LogP contribution in [0.1, 0.15) is 13.8 Å². The molecule has 0 saturated carbocycles. The Hall–Kier alpha value is -2.24. The van der Waals surface area contributed by atoms with Crippen LogP contribution in [-0.4, -0.2) is 31.0 Å². The second-order valence-corrected chi connectivity index (χ2v) is 4.37. The van der Waals surface area contributed by atoms with Gasteiger partial charge in [-0.1, -0.05) is 0 Å². The molecular weight excluding hydrogens is 246 g/mol. The molecule has 1 aromatic carbocycles. The summed E-state index contributed by atoms with van der Waals surface area (Å²) in [6.45, 7) is 3.99. The lowest BCUT2D eigenvalue weighted by atomic mass is 10.1. The number of carbonyl (C=O) groups is 2. The highest BCUT2D eigenvalue weighted by atomic mass is 16.5. The first-order valence-electron chi connectivity index (χ1n) is 6.17. The molecule has 2 rings (SSSR count). The number of nitrogens with one attached hydrogen (secondary N) is 1. The van der Waals surface area contributed by atoms with E-state index < -0.39 is 6.10 Å². The molecule has 102 valence electrons. The number of nitrogens with two attached hydrogens (primary N) is 1. The molecule has 0 aromatic heterocycles. The summed E-state index contributed by atoms with van der Waals surface area (Å²) in [6.07, 6.45) is -0.622. The van der Waals surface area contributed by atoms with Gasteiger partial charge in [-0.25, -0.2) is 0 Å². The Labute approximate surface area is 111 Å². The third kappa shape index (κ3) is 2.62. The van der Waals surface area contributed by atoms with Crippen LogP contribution < -0.4 is 20.7 Å². The molecule has 1 aliphatic rings. The van der Waals surface area contributed by atoms with E-state index in [1.807, 2.05) is 6.92 Å². The second-order valence-electron chi connectivity index (χ2n) is 4.37. The van der Waals surface area contributed by atoms with Crippen LogP contribution in [0.2, 0.25) is 0 Å². The summed E-state index contributed by atoms with van der Waals surface area (Å²) in [5.41, 5.74) is 6.82. The molecular formula is C13H17N3O3. The van der Waals surface area contributed by atoms with Gasteiger partial charge in [0.15, 0.2) is 6.10 Å². The van der Waals surface area contributed by atoms with Crippen molar-refractivity contribution in [2.75, 3.05) is 23.7 Å². The second kappa shape index (κ2) is 5.17. The molecule has 1 heterocycles. The minimum atomic E-state index is -0.622. The summed E-state index contributed by atoms with van der Waals surface area (Å²) in [7, 11) is 0. The molecule has 1 unspecified atom stereocenters. The number of amides is 2. The van der Waals surface area contributed by atoms with Gasteiger partial charge in [-0.15, -0.1) is 0 Å². The summed E-state index contributed by atoms with van der Waals surface area (Å²) in [5, 5.41) is 2.67. The van der Waals surface area contributed by atoms with E-state index in [9.17, 15) is 9.59 Å². The van der Waals surface area contributed by atoms with E-state index in [1.54, 1.807) is 25.1 Å². The summed E-state index contributed by atoms with van der Waals surface area (Å²) in [6, 6.07) is 5.02. The van der Waals surface area contributed by atoms with Gasteiger partial charge in [-0.2, -0.15) is 0 Å². The van der Waals surface area contributed by atoms with Crippen molar-refractivity contribution >= 4 is 23.2 Å². The maximum absolute atomic E-state index is 12.1. The van der Waals surface area contributed by atoms with Crippen molar-refractivity contribution in [2.45, 2.75) is 20.0 Å². The van der Waals surface area contributed by atoms with Gasteiger partial charge >= 0.3 is 0 Å². The largest absolute Gasteiger partial charge is 0.479 e. The molecule has 19 heavy (non-hydrogen) atoms. The van der Waals surface area contributed by atoms with E-state index >= 15 is 0 Å². The van der Waals surface area contributed by atoms with Crippen LogP contribution in [0.15, 0.2) is 18.2 Å². The standard InChI is InChI=1S/C13H17N3O3/c1-3-15-12(17)7-16-10-5-4-9(14)6-11(10)19-8(2)13(16)18/h4-6,8H,3,7,14H2,1-2H3,(H,15,17). The zero-order chi connectivity index (χ0) is 14.0. The first-order valence-corrected chi connectivity index (χ1v) is 6.17. The molecule has 0 bridgehead atoms. The van der Waals surface area contributed by atoms with Gasteiger partial charge in [0.05, 0.1) is 5.69 Å². The summed E-state index contributed by atoms with van der Waals surface area (Å²) in [5.74, 6) is 0.0904. The molecule has 1 aromatic rings. The topological polar surface area (TPSA) is 84.7 Å². The fraction of sp³-hybridized carbons (Fsp3) is 0.385. The highest BCUT2D eigenvalue weighted by Crippen LogP contribution is 2.35. The highest BCUT2D eigenvalue weighted by Gasteiger charge is 2.32. The molecule has 1 aliphatic heterocycles. The van der Waals surface area contributed by atoms with Crippen molar-refractivity contribution in [2.24, 2.45) is 0 Å². The Morgan fingerprint density at radius 2 is 2.26 bits per heavy atom. The lowest BCUT2D eigenvalue weighted by molar-refractivity contribution is -0.128. The lowest BCUT2D eigenvalue weighted by Gasteiger charge is -2.32. The first kappa shape index (κ1) is 13.2. The maximum Gasteiger partial charge on any atom is 0.268 e. The number of anilines is 2. The van der Waals surface area contributed by atoms with E-state index in [4.69, 9.17) is 10.5 Å². The molecule has 0 saturated heterocycles. The number of nitrogen functional groups attached to an aromatic ring is 1. The van der Waals surface area contributed by atoms with Gasteiger partial charge in [0, 0.05) is 18.3 Å². The van der Waals surface area contributed by atoms with E-state index in [1.165, 1.54) is 4.90 Å². The summed E-state index contributed by atoms with van der Waals surface area (Å²) in [4.78, 5) is 25.2. The number of nitrogens with zero attached hydrogens (tertiary/aromatic N) is 1. The van der Waals surface area contributed by atoms with Crippen molar-refractivity contribution in [3.8, 4) is 5.75 Å². The lowest BCUT2D eigenvalue weighted by Crippen LogP contribution is -2.48. The van der Waals surface area contributed by atoms with Gasteiger partial charge in [-0.3, -0.25) is 14.5 Å². The molecule has 6 heteroatoms. The number of fused-ring (bicyclic) bond motifs is 1. The number of benzene rings is 1. The van der Waals surface area contributed by atoms with Gasteiger partial charge in [0.1, 0.15) is 12.3 Å². The maximum atomic E-state index is 12.1. The Morgan fingerprint density at radius 3 is 2.95 bits per heavy atom. The van der Waals surface area contributed by atoms with E-state index in [-0.39, 0.29) is 18.4 Å². The number of hydrogen-bond donors (Lipinski definition) is 2. The molecule has 0 fully saturated rings. The molecule has 0 spiro atoms. The fourth-order valence-electron chi connectivity index (χ4n) is 1.99. The Bertz CT molecular complexity index is 516. The zero-order valence-corrected chi connectivity index (χ0v) is 11.0. The van der Waals surface area contributed by atoms with Crippen LogP contribution in [0, 0.1) is 0 Å². The monoisotopic (exact) mass is 263 g/mol. The number of carbonyl (C=O) groups excluding carboxylic acids is 2. The van der Waals surface area contributed by atoms with Crippen LogP contribution in [0.4, 0.5) is 11.4 Å². The van der Waals surface area contributed by atoms with Gasteiger partial charge in [0.2, 0.25) is 5.91 Å². The minimum Gasteiger partial charge on any atom is -0.479 e. The minimum absolute atomic E-state index is 0.0166. The van der Waals surface area contributed by atoms with Crippen molar-refractivity contribution in [1.82, 2.24) is 5.32 Å². The Morgan fingerprint density at radius 1 is 1.53 bits per heavy atom. The van der Waals surface area contributed by atoms with Crippen molar-refractivity contribution < 1.29 is 14.3 Å². The molecule has 6 nitrogen and oxygen atoms in total. The van der Waals surface area contributed by atoms with Crippen molar-refractivity contribution in [3.05, 3.63) is 18.2 Å². The third-order valence-electron chi connectivity index (χ3n) is 2.87. The average Bonchev–Trinajstić information content (AvgIpc) is 2.35. The number of ether oxygens (including phenoxy) is 1. The summed E-state index contributed by atoms with van der Waals surface area (Å²) < 4.78 is 5.49. The number of hydrogen-bond acceptors (Lipinski definition) is 4. The molecule has 2 amide bonds.